The number of methoxy groups -OCH3 is 1. The summed E-state index contributed by atoms with van der Waals surface area (Å²) in [6.45, 7) is 3.06. The Morgan fingerprint density at radius 2 is 1.58 bits per heavy atom. The predicted molar refractivity (Wildman–Crippen MR) is 128 cm³/mol. The van der Waals surface area contributed by atoms with Crippen LogP contribution >= 0.6 is 0 Å². The Kier molecular flexibility index (Phi) is 5.50. The van der Waals surface area contributed by atoms with Crippen LogP contribution in [0.1, 0.15) is 11.5 Å². The first-order valence-electron chi connectivity index (χ1n) is 11.1. The van der Waals surface area contributed by atoms with Crippen LogP contribution in [0.4, 0.5) is 5.69 Å². The maximum absolute atomic E-state index is 14.0. The number of carbonyl (C=O) groups excluding carboxylic acids is 1. The van der Waals surface area contributed by atoms with Gasteiger partial charge >= 0.3 is 0 Å². The van der Waals surface area contributed by atoms with E-state index in [0.29, 0.717) is 29.9 Å². The number of hydrogen-bond donors (Lipinski definition) is 0. The molecule has 172 valence electrons. The fourth-order valence-corrected chi connectivity index (χ4v) is 6.53. The molecule has 0 N–H and O–H groups in total. The van der Waals surface area contributed by atoms with Gasteiger partial charge < -0.3 is 14.5 Å². The molecule has 0 aromatic heterocycles. The molecular formula is C25H27N3O4S. The molecule has 2 aliphatic heterocycles. The van der Waals surface area contributed by atoms with Crippen molar-refractivity contribution in [2.24, 2.45) is 0 Å². The summed E-state index contributed by atoms with van der Waals surface area (Å²) in [5, 5.41) is 1.33. The molecule has 1 amide bonds. The van der Waals surface area contributed by atoms with Gasteiger partial charge in [0.15, 0.2) is 0 Å². The molecule has 2 aliphatic rings. The maximum atomic E-state index is 14.0. The van der Waals surface area contributed by atoms with Crippen LogP contribution in [0.3, 0.4) is 0 Å². The van der Waals surface area contributed by atoms with Gasteiger partial charge in [-0.05, 0) is 30.8 Å². The number of para-hydroxylation sites is 1. The first-order valence-corrected chi connectivity index (χ1v) is 12.5. The van der Waals surface area contributed by atoms with E-state index in [0.717, 1.165) is 24.0 Å². The lowest BCUT2D eigenvalue weighted by Gasteiger charge is -2.34. The molecule has 8 heteroatoms. The standard InChI is InChI=1S/C25H27N3O4S/c1-26-13-15-27(16-14-26)25(29)21-17-28(22-10-6-5-7-18(21)22)33(30,31)24-12-11-23(32-2)19-8-3-4-9-20(19)24/h3-12,21H,13-17H2,1-2H3. The van der Waals surface area contributed by atoms with Gasteiger partial charge in [-0.15, -0.1) is 0 Å². The van der Waals surface area contributed by atoms with E-state index in [2.05, 4.69) is 4.90 Å². The lowest BCUT2D eigenvalue weighted by Crippen LogP contribution is -2.49. The number of fused-ring (bicyclic) bond motifs is 2. The second-order valence-electron chi connectivity index (χ2n) is 8.59. The molecule has 0 radical (unpaired) electrons. The van der Waals surface area contributed by atoms with Gasteiger partial charge in [0.25, 0.3) is 10.0 Å². The van der Waals surface area contributed by atoms with Crippen LogP contribution in [0.15, 0.2) is 65.6 Å². The van der Waals surface area contributed by atoms with Crippen molar-refractivity contribution in [3.05, 3.63) is 66.2 Å². The Hall–Kier alpha value is -3.10. The molecule has 0 saturated carbocycles. The van der Waals surface area contributed by atoms with E-state index in [4.69, 9.17) is 4.74 Å². The molecule has 33 heavy (non-hydrogen) atoms. The molecule has 3 aromatic carbocycles. The predicted octanol–water partition coefficient (Wildman–Crippen LogP) is 2.91. The zero-order valence-electron chi connectivity index (χ0n) is 18.8. The van der Waals surface area contributed by atoms with Gasteiger partial charge in [-0.2, -0.15) is 0 Å². The highest BCUT2D eigenvalue weighted by atomic mass is 32.2. The smallest absolute Gasteiger partial charge is 0.264 e. The molecule has 1 fully saturated rings. The minimum Gasteiger partial charge on any atom is -0.496 e. The number of hydrogen-bond acceptors (Lipinski definition) is 5. The number of ether oxygens (including phenoxy) is 1. The Labute approximate surface area is 194 Å². The van der Waals surface area contributed by atoms with E-state index in [-0.39, 0.29) is 17.3 Å². The van der Waals surface area contributed by atoms with Crippen molar-refractivity contribution >= 4 is 32.4 Å². The third kappa shape index (κ3) is 3.63. The molecule has 0 spiro atoms. The summed E-state index contributed by atoms with van der Waals surface area (Å²) in [6.07, 6.45) is 0. The summed E-state index contributed by atoms with van der Waals surface area (Å²) in [5.74, 6) is 0.103. The highest BCUT2D eigenvalue weighted by Gasteiger charge is 2.42. The number of piperazine rings is 1. The normalized spacial score (nSPS) is 19.0. The fourth-order valence-electron chi connectivity index (χ4n) is 4.82. The van der Waals surface area contributed by atoms with Crippen LogP contribution in [-0.2, 0) is 14.8 Å². The summed E-state index contributed by atoms with van der Waals surface area (Å²) < 4.78 is 34.7. The van der Waals surface area contributed by atoms with Gasteiger partial charge in [-0.25, -0.2) is 8.42 Å². The van der Waals surface area contributed by atoms with Crippen molar-refractivity contribution in [3.63, 3.8) is 0 Å². The summed E-state index contributed by atoms with van der Waals surface area (Å²) in [4.78, 5) is 17.7. The van der Waals surface area contributed by atoms with Crippen LogP contribution in [-0.4, -0.2) is 71.0 Å². The Morgan fingerprint density at radius 1 is 0.909 bits per heavy atom. The van der Waals surface area contributed by atoms with E-state index in [1.54, 1.807) is 31.4 Å². The van der Waals surface area contributed by atoms with Crippen LogP contribution < -0.4 is 9.04 Å². The van der Waals surface area contributed by atoms with Gasteiger partial charge in [0, 0.05) is 37.0 Å². The van der Waals surface area contributed by atoms with Crippen molar-refractivity contribution in [1.82, 2.24) is 9.80 Å². The lowest BCUT2D eigenvalue weighted by molar-refractivity contribution is -0.134. The SMILES string of the molecule is COc1ccc(S(=O)(=O)N2CC(C(=O)N3CCN(C)CC3)c3ccccc32)c2ccccc12. The molecule has 7 nitrogen and oxygen atoms in total. The number of nitrogens with zero attached hydrogens (tertiary/aromatic N) is 3. The number of anilines is 1. The summed E-state index contributed by atoms with van der Waals surface area (Å²) in [6, 6.07) is 17.9. The van der Waals surface area contributed by atoms with Gasteiger partial charge in [-0.1, -0.05) is 42.5 Å². The largest absolute Gasteiger partial charge is 0.496 e. The van der Waals surface area contributed by atoms with Crippen LogP contribution in [0.2, 0.25) is 0 Å². The molecule has 0 bridgehead atoms. The number of amides is 1. The monoisotopic (exact) mass is 465 g/mol. The highest BCUT2D eigenvalue weighted by molar-refractivity contribution is 7.93. The molecule has 5 rings (SSSR count). The maximum Gasteiger partial charge on any atom is 0.264 e. The summed E-state index contributed by atoms with van der Waals surface area (Å²) >= 11 is 0. The number of carbonyl (C=O) groups is 1. The first-order chi connectivity index (χ1) is 15.9. The van der Waals surface area contributed by atoms with E-state index < -0.39 is 15.9 Å². The fraction of sp³-hybridized carbons (Fsp3) is 0.320. The topological polar surface area (TPSA) is 70.2 Å². The van der Waals surface area contributed by atoms with E-state index in [1.807, 2.05) is 48.3 Å². The number of benzene rings is 3. The minimum absolute atomic E-state index is 0.00663. The molecule has 3 aromatic rings. The Balaban J connectivity index is 1.55. The Morgan fingerprint density at radius 3 is 2.30 bits per heavy atom. The van der Waals surface area contributed by atoms with Gasteiger partial charge in [0.1, 0.15) is 5.75 Å². The van der Waals surface area contributed by atoms with Crippen LogP contribution in [0.5, 0.6) is 5.75 Å². The van der Waals surface area contributed by atoms with Gasteiger partial charge in [0.2, 0.25) is 5.91 Å². The van der Waals surface area contributed by atoms with Crippen molar-refractivity contribution in [2.75, 3.05) is 51.2 Å². The zero-order chi connectivity index (χ0) is 23.2. The van der Waals surface area contributed by atoms with Crippen molar-refractivity contribution in [2.45, 2.75) is 10.8 Å². The molecule has 1 saturated heterocycles. The third-order valence-corrected chi connectivity index (χ3v) is 8.51. The van der Waals surface area contributed by atoms with Crippen LogP contribution in [0, 0.1) is 0 Å². The van der Waals surface area contributed by atoms with Crippen LogP contribution in [0.25, 0.3) is 10.8 Å². The highest BCUT2D eigenvalue weighted by Crippen LogP contribution is 2.42. The second-order valence-corrected chi connectivity index (χ2v) is 10.4. The van der Waals surface area contributed by atoms with E-state index in [1.165, 1.54) is 4.31 Å². The molecule has 0 aliphatic carbocycles. The van der Waals surface area contributed by atoms with Crippen molar-refractivity contribution < 1.29 is 17.9 Å². The van der Waals surface area contributed by atoms with Crippen molar-refractivity contribution in [1.29, 1.82) is 0 Å². The number of likely N-dealkylation sites (N-methyl/N-ethyl adjacent to an activating group) is 1. The quantitative estimate of drug-likeness (QED) is 0.593. The summed E-state index contributed by atoms with van der Waals surface area (Å²) in [5.41, 5.74) is 1.34. The molecule has 1 atom stereocenters. The van der Waals surface area contributed by atoms with Crippen molar-refractivity contribution in [3.8, 4) is 5.75 Å². The molecule has 2 heterocycles. The summed E-state index contributed by atoms with van der Waals surface area (Å²) in [7, 11) is -0.298. The van der Waals surface area contributed by atoms with E-state index >= 15 is 0 Å². The van der Waals surface area contributed by atoms with Gasteiger partial charge in [0.05, 0.1) is 30.2 Å². The molecular weight excluding hydrogens is 438 g/mol. The van der Waals surface area contributed by atoms with E-state index in [9.17, 15) is 13.2 Å². The second kappa shape index (κ2) is 8.35. The first kappa shape index (κ1) is 21.7. The zero-order valence-corrected chi connectivity index (χ0v) is 19.6. The van der Waals surface area contributed by atoms with Gasteiger partial charge in [-0.3, -0.25) is 9.10 Å². The average molecular weight is 466 g/mol. The average Bonchev–Trinajstić information content (AvgIpc) is 3.24. The minimum atomic E-state index is -3.91. The third-order valence-electron chi connectivity index (χ3n) is 6.67. The number of rotatable bonds is 4. The number of sulfonamides is 1. The Bertz CT molecular complexity index is 1320. The lowest BCUT2D eigenvalue weighted by atomic mass is 9.99. The molecule has 1 unspecified atom stereocenters.